The van der Waals surface area contributed by atoms with Gasteiger partial charge in [0.05, 0.1) is 10.6 Å². The fraction of sp³-hybridized carbons (Fsp3) is 0.500. The monoisotopic (exact) mass is 302 g/mol. The number of amides is 1. The second kappa shape index (κ2) is 8.41. The molecular weight excluding hydrogens is 283 g/mol. The fourth-order valence-electron chi connectivity index (χ4n) is 2.30. The molecule has 0 radical (unpaired) electrons. The van der Waals surface area contributed by atoms with Crippen molar-refractivity contribution in [3.05, 3.63) is 34.9 Å². The van der Waals surface area contributed by atoms with Crippen LogP contribution in [0.5, 0.6) is 0 Å². The summed E-state index contributed by atoms with van der Waals surface area (Å²) in [5.41, 5.74) is 0.556. The summed E-state index contributed by atoms with van der Waals surface area (Å²) in [5.74, 6) is 0.606. The van der Waals surface area contributed by atoms with Gasteiger partial charge in [-0.25, -0.2) is 0 Å². The first kappa shape index (κ1) is 16.3. The van der Waals surface area contributed by atoms with Crippen LogP contribution in [0.25, 0.3) is 0 Å². The molecule has 2 rings (SSSR count). The van der Waals surface area contributed by atoms with E-state index in [4.69, 9.17) is 11.6 Å². The van der Waals surface area contributed by atoms with Crippen molar-refractivity contribution in [1.29, 1.82) is 0 Å². The van der Waals surface area contributed by atoms with Crippen molar-refractivity contribution in [2.75, 3.05) is 19.6 Å². The van der Waals surface area contributed by atoms with Crippen LogP contribution in [-0.4, -0.2) is 25.5 Å². The van der Waals surface area contributed by atoms with Gasteiger partial charge in [0.15, 0.2) is 0 Å². The molecule has 0 saturated carbocycles. The zero-order chi connectivity index (χ0) is 12.8. The average Bonchev–Trinajstić information content (AvgIpc) is 2.40. The Balaban J connectivity index is 0.00000180. The van der Waals surface area contributed by atoms with E-state index in [2.05, 4.69) is 10.6 Å². The van der Waals surface area contributed by atoms with E-state index >= 15 is 0 Å². The standard InChI is InChI=1S/C14H19ClN2O.ClH/c15-13-6-2-1-5-12(13)14(18)17-9-7-11-4-3-8-16-10-11;/h1-2,5-6,11,16H,3-4,7-10H2,(H,17,18);1H. The van der Waals surface area contributed by atoms with E-state index in [1.165, 1.54) is 12.8 Å². The molecule has 0 aromatic heterocycles. The summed E-state index contributed by atoms with van der Waals surface area (Å²) in [4.78, 5) is 11.9. The Morgan fingerprint density at radius 3 is 2.89 bits per heavy atom. The molecule has 106 valence electrons. The number of piperidine rings is 1. The van der Waals surface area contributed by atoms with E-state index in [1.54, 1.807) is 12.1 Å². The van der Waals surface area contributed by atoms with Crippen LogP contribution in [0, 0.1) is 5.92 Å². The van der Waals surface area contributed by atoms with Crippen LogP contribution < -0.4 is 10.6 Å². The average molecular weight is 303 g/mol. The minimum absolute atomic E-state index is 0. The number of hydrogen-bond acceptors (Lipinski definition) is 2. The number of rotatable bonds is 4. The predicted molar refractivity (Wildman–Crippen MR) is 81.2 cm³/mol. The Morgan fingerprint density at radius 2 is 2.21 bits per heavy atom. The van der Waals surface area contributed by atoms with Crippen molar-refractivity contribution in [3.8, 4) is 0 Å². The van der Waals surface area contributed by atoms with Crippen molar-refractivity contribution in [1.82, 2.24) is 10.6 Å². The van der Waals surface area contributed by atoms with Gasteiger partial charge in [-0.3, -0.25) is 4.79 Å². The van der Waals surface area contributed by atoms with E-state index in [-0.39, 0.29) is 18.3 Å². The Kier molecular flexibility index (Phi) is 7.21. The Morgan fingerprint density at radius 1 is 1.42 bits per heavy atom. The molecule has 0 aliphatic carbocycles. The van der Waals surface area contributed by atoms with Gasteiger partial charge in [0.25, 0.3) is 5.91 Å². The summed E-state index contributed by atoms with van der Waals surface area (Å²) in [6, 6.07) is 7.14. The SMILES string of the molecule is Cl.O=C(NCCC1CCCNC1)c1ccccc1Cl. The van der Waals surface area contributed by atoms with Gasteiger partial charge in [-0.2, -0.15) is 0 Å². The van der Waals surface area contributed by atoms with Crippen LogP contribution in [0.15, 0.2) is 24.3 Å². The number of halogens is 2. The predicted octanol–water partition coefficient (Wildman–Crippen LogP) is 2.88. The third kappa shape index (κ3) is 5.01. The van der Waals surface area contributed by atoms with Gasteiger partial charge in [0.1, 0.15) is 0 Å². The summed E-state index contributed by atoms with van der Waals surface area (Å²) in [6.07, 6.45) is 3.53. The Hall–Kier alpha value is -0.770. The zero-order valence-corrected chi connectivity index (χ0v) is 12.4. The molecule has 1 atom stereocenters. The van der Waals surface area contributed by atoms with E-state index in [9.17, 15) is 4.79 Å². The van der Waals surface area contributed by atoms with Crippen LogP contribution in [0.4, 0.5) is 0 Å². The van der Waals surface area contributed by atoms with E-state index in [0.717, 1.165) is 26.1 Å². The van der Waals surface area contributed by atoms with Crippen LogP contribution in [0.1, 0.15) is 29.6 Å². The normalized spacial score (nSPS) is 18.5. The third-order valence-corrected chi connectivity index (χ3v) is 3.69. The molecule has 2 N–H and O–H groups in total. The number of carbonyl (C=O) groups excluding carboxylic acids is 1. The molecule has 1 unspecified atom stereocenters. The quantitative estimate of drug-likeness (QED) is 0.898. The van der Waals surface area contributed by atoms with Gasteiger partial charge >= 0.3 is 0 Å². The molecule has 3 nitrogen and oxygen atoms in total. The van der Waals surface area contributed by atoms with E-state index in [0.29, 0.717) is 16.5 Å². The van der Waals surface area contributed by atoms with E-state index in [1.807, 2.05) is 12.1 Å². The molecule has 1 aliphatic heterocycles. The van der Waals surface area contributed by atoms with Crippen molar-refractivity contribution < 1.29 is 4.79 Å². The molecule has 1 heterocycles. The Labute approximate surface area is 125 Å². The second-order valence-electron chi connectivity index (χ2n) is 4.74. The van der Waals surface area contributed by atoms with Gasteiger partial charge in [-0.15, -0.1) is 12.4 Å². The van der Waals surface area contributed by atoms with Gasteiger partial charge in [0.2, 0.25) is 0 Å². The zero-order valence-electron chi connectivity index (χ0n) is 10.8. The van der Waals surface area contributed by atoms with E-state index < -0.39 is 0 Å². The summed E-state index contributed by atoms with van der Waals surface area (Å²) in [6.45, 7) is 2.92. The second-order valence-corrected chi connectivity index (χ2v) is 5.14. The van der Waals surface area contributed by atoms with Gasteiger partial charge in [-0.1, -0.05) is 23.7 Å². The number of hydrogen-bond donors (Lipinski definition) is 2. The minimum Gasteiger partial charge on any atom is -0.352 e. The van der Waals surface area contributed by atoms with Crippen molar-refractivity contribution >= 4 is 29.9 Å². The molecule has 0 bridgehead atoms. The highest BCUT2D eigenvalue weighted by Gasteiger charge is 2.14. The number of benzene rings is 1. The summed E-state index contributed by atoms with van der Waals surface area (Å²) in [5, 5.41) is 6.82. The molecule has 1 aromatic rings. The first-order chi connectivity index (χ1) is 8.77. The Bertz CT molecular complexity index is 406. The van der Waals surface area contributed by atoms with Crippen LogP contribution in [-0.2, 0) is 0 Å². The molecule has 1 aliphatic rings. The van der Waals surface area contributed by atoms with Crippen LogP contribution >= 0.6 is 24.0 Å². The fourth-order valence-corrected chi connectivity index (χ4v) is 2.52. The summed E-state index contributed by atoms with van der Waals surface area (Å²) < 4.78 is 0. The maximum absolute atomic E-state index is 11.9. The molecule has 0 spiro atoms. The highest BCUT2D eigenvalue weighted by molar-refractivity contribution is 6.33. The minimum atomic E-state index is -0.0793. The molecule has 5 heteroatoms. The highest BCUT2D eigenvalue weighted by Crippen LogP contribution is 2.15. The molecule has 1 aromatic carbocycles. The van der Waals surface area contributed by atoms with Crippen molar-refractivity contribution in [2.24, 2.45) is 5.92 Å². The highest BCUT2D eigenvalue weighted by atomic mass is 35.5. The first-order valence-electron chi connectivity index (χ1n) is 6.51. The molecule has 1 saturated heterocycles. The van der Waals surface area contributed by atoms with Crippen molar-refractivity contribution in [2.45, 2.75) is 19.3 Å². The lowest BCUT2D eigenvalue weighted by molar-refractivity contribution is 0.0951. The van der Waals surface area contributed by atoms with Gasteiger partial charge in [-0.05, 0) is 50.4 Å². The van der Waals surface area contributed by atoms with Gasteiger partial charge < -0.3 is 10.6 Å². The van der Waals surface area contributed by atoms with Gasteiger partial charge in [0, 0.05) is 6.54 Å². The molecule has 1 fully saturated rings. The first-order valence-corrected chi connectivity index (χ1v) is 6.88. The maximum atomic E-state index is 11.9. The lowest BCUT2D eigenvalue weighted by atomic mass is 9.96. The summed E-state index contributed by atoms with van der Waals surface area (Å²) in [7, 11) is 0. The largest absolute Gasteiger partial charge is 0.352 e. The molecule has 1 amide bonds. The number of carbonyl (C=O) groups is 1. The lowest BCUT2D eigenvalue weighted by Crippen LogP contribution is -2.33. The van der Waals surface area contributed by atoms with Crippen LogP contribution in [0.2, 0.25) is 5.02 Å². The summed E-state index contributed by atoms with van der Waals surface area (Å²) >= 11 is 5.98. The maximum Gasteiger partial charge on any atom is 0.252 e. The molecular formula is C14H20Cl2N2O. The lowest BCUT2D eigenvalue weighted by Gasteiger charge is -2.22. The molecule has 19 heavy (non-hydrogen) atoms. The topological polar surface area (TPSA) is 41.1 Å². The smallest absolute Gasteiger partial charge is 0.252 e. The van der Waals surface area contributed by atoms with Crippen molar-refractivity contribution in [3.63, 3.8) is 0 Å². The van der Waals surface area contributed by atoms with Crippen LogP contribution in [0.3, 0.4) is 0 Å². The number of nitrogens with one attached hydrogen (secondary N) is 2. The third-order valence-electron chi connectivity index (χ3n) is 3.36.